The van der Waals surface area contributed by atoms with Crippen LogP contribution in [0.2, 0.25) is 0 Å². The number of ether oxygens (including phenoxy) is 1. The van der Waals surface area contributed by atoms with Gasteiger partial charge in [0, 0.05) is 11.8 Å². The predicted molar refractivity (Wildman–Crippen MR) is 42.5 cm³/mol. The van der Waals surface area contributed by atoms with E-state index >= 15 is 0 Å². The van der Waals surface area contributed by atoms with Crippen LogP contribution in [0.1, 0.15) is 16.1 Å². The van der Waals surface area contributed by atoms with Crippen LogP contribution in [-0.2, 0) is 0 Å². The highest BCUT2D eigenvalue weighted by Gasteiger charge is 2.05. The van der Waals surface area contributed by atoms with Crippen molar-refractivity contribution in [3.8, 4) is 5.88 Å². The first-order valence-electron chi connectivity index (χ1n) is 3.39. The molecule has 0 radical (unpaired) electrons. The lowest BCUT2D eigenvalue weighted by Crippen LogP contribution is -1.99. The van der Waals surface area contributed by atoms with E-state index in [2.05, 4.69) is 4.98 Å². The normalized spacial score (nSPS) is 9.50. The van der Waals surface area contributed by atoms with E-state index in [4.69, 9.17) is 9.84 Å². The Labute approximate surface area is 69.8 Å². The number of pyridine rings is 1. The van der Waals surface area contributed by atoms with E-state index in [9.17, 15) is 4.79 Å². The van der Waals surface area contributed by atoms with E-state index in [0.717, 1.165) is 0 Å². The summed E-state index contributed by atoms with van der Waals surface area (Å²) in [6, 6.07) is 2.88. The van der Waals surface area contributed by atoms with Gasteiger partial charge in [-0.2, -0.15) is 0 Å². The zero-order valence-electron chi connectivity index (χ0n) is 6.87. The molecule has 1 heterocycles. The minimum atomic E-state index is -0.973. The molecule has 0 aromatic carbocycles. The van der Waals surface area contributed by atoms with E-state index in [1.807, 2.05) is 0 Å². The molecule has 1 rings (SSSR count). The first-order valence-corrected chi connectivity index (χ1v) is 3.39. The lowest BCUT2D eigenvalue weighted by atomic mass is 10.2. The van der Waals surface area contributed by atoms with Crippen molar-refractivity contribution in [2.75, 3.05) is 7.11 Å². The zero-order valence-corrected chi connectivity index (χ0v) is 6.87. The van der Waals surface area contributed by atoms with Crippen LogP contribution in [0.25, 0.3) is 0 Å². The topological polar surface area (TPSA) is 59.4 Å². The Morgan fingerprint density at radius 2 is 2.25 bits per heavy atom. The second-order valence-electron chi connectivity index (χ2n) is 2.34. The van der Waals surface area contributed by atoms with Crippen molar-refractivity contribution in [1.82, 2.24) is 4.98 Å². The molecular weight excluding hydrogens is 158 g/mol. The molecule has 0 saturated carbocycles. The Balaban J connectivity index is 3.15. The van der Waals surface area contributed by atoms with Gasteiger partial charge < -0.3 is 9.84 Å². The summed E-state index contributed by atoms with van der Waals surface area (Å²) in [6.07, 6.45) is 0. The molecule has 1 aromatic rings. The molecule has 0 bridgehead atoms. The van der Waals surface area contributed by atoms with Crippen LogP contribution in [0.15, 0.2) is 12.1 Å². The number of methoxy groups -OCH3 is 1. The van der Waals surface area contributed by atoms with Gasteiger partial charge in [-0.15, -0.1) is 0 Å². The lowest BCUT2D eigenvalue weighted by molar-refractivity contribution is 0.0696. The highest BCUT2D eigenvalue weighted by molar-refractivity contribution is 5.87. The second-order valence-corrected chi connectivity index (χ2v) is 2.34. The fraction of sp³-hybridized carbons (Fsp3) is 0.250. The number of hydrogen-bond donors (Lipinski definition) is 1. The number of carbonyl (C=O) groups is 1. The third-order valence-electron chi connectivity index (χ3n) is 1.39. The first kappa shape index (κ1) is 8.52. The summed E-state index contributed by atoms with van der Waals surface area (Å²) < 4.78 is 4.81. The maximum absolute atomic E-state index is 10.5. The monoisotopic (exact) mass is 167 g/mol. The average Bonchev–Trinajstić information content (AvgIpc) is 2.03. The first-order chi connectivity index (χ1) is 5.63. The zero-order chi connectivity index (χ0) is 9.14. The van der Waals surface area contributed by atoms with Crippen molar-refractivity contribution in [3.05, 3.63) is 23.4 Å². The highest BCUT2D eigenvalue weighted by atomic mass is 16.5. The number of nitrogens with zero attached hydrogens (tertiary/aromatic N) is 1. The van der Waals surface area contributed by atoms with Crippen LogP contribution in [0, 0.1) is 6.92 Å². The number of carboxylic acids is 1. The van der Waals surface area contributed by atoms with Crippen molar-refractivity contribution in [3.63, 3.8) is 0 Å². The van der Waals surface area contributed by atoms with E-state index in [1.165, 1.54) is 19.2 Å². The molecule has 1 N–H and O–H groups in total. The SMILES string of the molecule is COc1cc(C(=O)O)cc(C)n1. The summed E-state index contributed by atoms with van der Waals surface area (Å²) in [6.45, 7) is 1.72. The van der Waals surface area contributed by atoms with Gasteiger partial charge in [0.25, 0.3) is 0 Å². The van der Waals surface area contributed by atoms with Crippen LogP contribution in [0.4, 0.5) is 0 Å². The Hall–Kier alpha value is -1.58. The number of rotatable bonds is 2. The molecule has 1 aromatic heterocycles. The molecule has 0 amide bonds. The molecular formula is C8H9NO3. The molecule has 4 heteroatoms. The molecule has 12 heavy (non-hydrogen) atoms. The summed E-state index contributed by atoms with van der Waals surface area (Å²) >= 11 is 0. The molecule has 0 atom stereocenters. The standard InChI is InChI=1S/C8H9NO3/c1-5-3-6(8(10)11)4-7(9-5)12-2/h3-4H,1-2H3,(H,10,11). The molecule has 0 aliphatic heterocycles. The van der Waals surface area contributed by atoms with Gasteiger partial charge in [0.2, 0.25) is 5.88 Å². The largest absolute Gasteiger partial charge is 0.481 e. The van der Waals surface area contributed by atoms with Gasteiger partial charge in [-0.05, 0) is 13.0 Å². The van der Waals surface area contributed by atoms with Crippen molar-refractivity contribution in [1.29, 1.82) is 0 Å². The van der Waals surface area contributed by atoms with Crippen molar-refractivity contribution >= 4 is 5.97 Å². The fourth-order valence-electron chi connectivity index (χ4n) is 0.866. The van der Waals surface area contributed by atoms with Crippen molar-refractivity contribution in [2.24, 2.45) is 0 Å². The highest BCUT2D eigenvalue weighted by Crippen LogP contribution is 2.11. The molecule has 0 fully saturated rings. The molecule has 0 saturated heterocycles. The smallest absolute Gasteiger partial charge is 0.335 e. The quantitative estimate of drug-likeness (QED) is 0.716. The lowest BCUT2D eigenvalue weighted by Gasteiger charge is -2.01. The summed E-state index contributed by atoms with van der Waals surface area (Å²) in [5, 5.41) is 8.65. The van der Waals surface area contributed by atoms with Gasteiger partial charge in [0.15, 0.2) is 0 Å². The molecule has 64 valence electrons. The number of hydrogen-bond acceptors (Lipinski definition) is 3. The third-order valence-corrected chi connectivity index (χ3v) is 1.39. The van der Waals surface area contributed by atoms with Crippen LogP contribution in [0.3, 0.4) is 0 Å². The van der Waals surface area contributed by atoms with Crippen LogP contribution in [0.5, 0.6) is 5.88 Å². The summed E-state index contributed by atoms with van der Waals surface area (Å²) in [7, 11) is 1.45. The van der Waals surface area contributed by atoms with Gasteiger partial charge in [0.1, 0.15) is 0 Å². The summed E-state index contributed by atoms with van der Waals surface area (Å²) in [5.41, 5.74) is 0.825. The molecule has 0 unspecified atom stereocenters. The molecule has 4 nitrogen and oxygen atoms in total. The Bertz CT molecular complexity index is 309. The molecule has 0 spiro atoms. The minimum Gasteiger partial charge on any atom is -0.481 e. The maximum Gasteiger partial charge on any atom is 0.335 e. The Morgan fingerprint density at radius 3 is 2.75 bits per heavy atom. The van der Waals surface area contributed by atoms with Crippen LogP contribution >= 0.6 is 0 Å². The van der Waals surface area contributed by atoms with Gasteiger partial charge >= 0.3 is 5.97 Å². The van der Waals surface area contributed by atoms with Gasteiger partial charge in [-0.3, -0.25) is 0 Å². The third kappa shape index (κ3) is 1.72. The number of aromatic nitrogens is 1. The summed E-state index contributed by atoms with van der Waals surface area (Å²) in [4.78, 5) is 14.5. The number of aromatic carboxylic acids is 1. The average molecular weight is 167 g/mol. The van der Waals surface area contributed by atoms with Crippen LogP contribution in [-0.4, -0.2) is 23.2 Å². The molecule has 0 aliphatic rings. The van der Waals surface area contributed by atoms with Gasteiger partial charge in [-0.1, -0.05) is 0 Å². The van der Waals surface area contributed by atoms with E-state index in [1.54, 1.807) is 6.92 Å². The Kier molecular flexibility index (Phi) is 2.28. The number of carboxylic acid groups (broad SMARTS) is 1. The fourth-order valence-corrected chi connectivity index (χ4v) is 0.866. The van der Waals surface area contributed by atoms with Gasteiger partial charge in [0.05, 0.1) is 12.7 Å². The van der Waals surface area contributed by atoms with Crippen molar-refractivity contribution < 1.29 is 14.6 Å². The van der Waals surface area contributed by atoms with Crippen molar-refractivity contribution in [2.45, 2.75) is 6.92 Å². The van der Waals surface area contributed by atoms with E-state index < -0.39 is 5.97 Å². The predicted octanol–water partition coefficient (Wildman–Crippen LogP) is 1.10. The second kappa shape index (κ2) is 3.21. The minimum absolute atomic E-state index is 0.194. The van der Waals surface area contributed by atoms with E-state index in [-0.39, 0.29) is 5.56 Å². The van der Waals surface area contributed by atoms with Crippen LogP contribution < -0.4 is 4.74 Å². The number of aryl methyl sites for hydroxylation is 1. The summed E-state index contributed by atoms with van der Waals surface area (Å²) in [5.74, 6) is -0.647. The van der Waals surface area contributed by atoms with E-state index in [0.29, 0.717) is 11.6 Å². The van der Waals surface area contributed by atoms with Gasteiger partial charge in [-0.25, -0.2) is 9.78 Å². The molecule has 0 aliphatic carbocycles. The Morgan fingerprint density at radius 1 is 1.58 bits per heavy atom. The maximum atomic E-state index is 10.5.